The maximum absolute atomic E-state index is 11.4. The predicted molar refractivity (Wildman–Crippen MR) is 113 cm³/mol. The molecule has 0 rings (SSSR count). The minimum atomic E-state index is -3.78. The van der Waals surface area contributed by atoms with E-state index in [1.165, 1.54) is 57.8 Å². The fourth-order valence-corrected chi connectivity index (χ4v) is 3.62. The van der Waals surface area contributed by atoms with E-state index in [0.29, 0.717) is 6.42 Å². The number of allylic oxidation sites excluding steroid dienone is 2. The van der Waals surface area contributed by atoms with Crippen LogP contribution in [0.4, 0.5) is 0 Å². The zero-order valence-electron chi connectivity index (χ0n) is 17.3. The molecule has 0 aromatic heterocycles. The Morgan fingerprint density at radius 3 is 1.81 bits per heavy atom. The first kappa shape index (κ1) is 26.1. The van der Waals surface area contributed by atoms with Crippen LogP contribution >= 0.6 is 0 Å². The van der Waals surface area contributed by atoms with Crippen LogP contribution in [0.3, 0.4) is 0 Å². The number of unbranched alkanes of at least 4 members (excludes halogenated alkanes) is 12. The zero-order valence-corrected chi connectivity index (χ0v) is 18.1. The average Bonchev–Trinajstić information content (AvgIpc) is 2.60. The van der Waals surface area contributed by atoms with Crippen LogP contribution in [0.2, 0.25) is 0 Å². The second-order valence-electron chi connectivity index (χ2n) is 7.19. The average molecular weight is 404 g/mol. The normalized spacial score (nSPS) is 11.9. The van der Waals surface area contributed by atoms with Gasteiger partial charge < -0.3 is 9.92 Å². The number of carbonyl (C=O) groups is 1. The van der Waals surface area contributed by atoms with Crippen molar-refractivity contribution in [1.29, 1.82) is 0 Å². The molecule has 0 atom stereocenters. The van der Waals surface area contributed by atoms with Crippen molar-refractivity contribution in [3.63, 3.8) is 0 Å². The third-order valence-corrected chi connectivity index (χ3v) is 5.66. The Morgan fingerprint density at radius 2 is 1.30 bits per heavy atom. The molecule has 0 aliphatic carbocycles. The highest BCUT2D eigenvalue weighted by molar-refractivity contribution is 7.87. The minimum Gasteiger partial charge on any atom is -0.346 e. The molecule has 0 heterocycles. The summed E-state index contributed by atoms with van der Waals surface area (Å²) < 4.78 is 27.0. The highest BCUT2D eigenvalue weighted by atomic mass is 32.2. The number of carbonyl (C=O) groups excluding carboxylic acids is 1. The van der Waals surface area contributed by atoms with Crippen molar-refractivity contribution in [2.24, 2.45) is 5.73 Å². The van der Waals surface area contributed by atoms with E-state index in [-0.39, 0.29) is 18.7 Å². The molecule has 27 heavy (non-hydrogen) atoms. The summed E-state index contributed by atoms with van der Waals surface area (Å²) in [6, 6.07) is 0. The molecule has 0 radical (unpaired) electrons. The van der Waals surface area contributed by atoms with Gasteiger partial charge in [-0.1, -0.05) is 76.9 Å². The number of nitrogens with two attached hydrogens (primary N) is 1. The summed E-state index contributed by atoms with van der Waals surface area (Å²) in [5.74, 6) is -0.984. The summed E-state index contributed by atoms with van der Waals surface area (Å²) in [5, 5.41) is 0. The third kappa shape index (κ3) is 19.7. The van der Waals surface area contributed by atoms with Gasteiger partial charge in [-0.15, -0.1) is 0 Å². The van der Waals surface area contributed by atoms with E-state index in [1.54, 1.807) is 0 Å². The molecule has 0 bridgehead atoms. The van der Waals surface area contributed by atoms with Crippen molar-refractivity contribution in [2.45, 2.75) is 103 Å². The van der Waals surface area contributed by atoms with Crippen LogP contribution < -0.4 is 5.73 Å². The summed E-state index contributed by atoms with van der Waals surface area (Å²) in [6.07, 6.45) is 21.5. The molecule has 0 fully saturated rings. The maximum atomic E-state index is 11.4. The molecule has 0 aromatic carbocycles. The van der Waals surface area contributed by atoms with Crippen molar-refractivity contribution < 1.29 is 17.4 Å². The molecule has 0 aromatic rings. The lowest BCUT2D eigenvalue weighted by Gasteiger charge is -2.04. The first-order valence-corrected chi connectivity index (χ1v) is 12.4. The molecule has 6 heteroatoms. The van der Waals surface area contributed by atoms with E-state index in [2.05, 4.69) is 23.3 Å². The number of hydrogen-bond donors (Lipinski definition) is 1. The van der Waals surface area contributed by atoms with Crippen molar-refractivity contribution in [3.05, 3.63) is 12.2 Å². The largest absolute Gasteiger partial charge is 0.346 e. The molecule has 160 valence electrons. The fourth-order valence-electron chi connectivity index (χ4n) is 2.89. The van der Waals surface area contributed by atoms with Crippen LogP contribution in [0.15, 0.2) is 12.2 Å². The smallest absolute Gasteiger partial charge is 0.322 e. The van der Waals surface area contributed by atoms with Gasteiger partial charge in [0.05, 0.1) is 5.75 Å². The molecule has 0 unspecified atom stereocenters. The lowest BCUT2D eigenvalue weighted by atomic mass is 10.1. The van der Waals surface area contributed by atoms with Crippen LogP contribution in [0.1, 0.15) is 103 Å². The van der Waals surface area contributed by atoms with Gasteiger partial charge in [0.25, 0.3) is 0 Å². The number of rotatable bonds is 19. The molecule has 0 aliphatic heterocycles. The second kappa shape index (κ2) is 18.5. The van der Waals surface area contributed by atoms with Crippen LogP contribution in [0, 0.1) is 0 Å². The van der Waals surface area contributed by atoms with Crippen LogP contribution in [0.5, 0.6) is 0 Å². The Bertz CT molecular complexity index is 475. The number of hydrogen-bond acceptors (Lipinski definition) is 5. The Morgan fingerprint density at radius 1 is 0.815 bits per heavy atom. The van der Waals surface area contributed by atoms with Crippen LogP contribution in [-0.4, -0.2) is 26.7 Å². The van der Waals surface area contributed by atoms with Gasteiger partial charge in [-0.25, -0.2) is 0 Å². The van der Waals surface area contributed by atoms with Gasteiger partial charge in [-0.05, 0) is 32.1 Å². The van der Waals surface area contributed by atoms with Gasteiger partial charge in [0, 0.05) is 13.0 Å². The van der Waals surface area contributed by atoms with Crippen LogP contribution in [0.25, 0.3) is 0 Å². The fraction of sp³-hybridized carbons (Fsp3) is 0.857. The summed E-state index contributed by atoms with van der Waals surface area (Å²) in [6.45, 7) is 2.21. The molecule has 0 amide bonds. The van der Waals surface area contributed by atoms with E-state index < -0.39 is 16.1 Å². The van der Waals surface area contributed by atoms with E-state index in [0.717, 1.165) is 25.7 Å². The SMILES string of the molecule is CCCCCCCCC/C=C\CCCCCCCC(=O)OS(=O)(=O)CCN. The van der Waals surface area contributed by atoms with Gasteiger partial charge in [-0.2, -0.15) is 8.42 Å². The summed E-state index contributed by atoms with van der Waals surface area (Å²) in [5.41, 5.74) is 5.16. The Kier molecular flexibility index (Phi) is 17.9. The minimum absolute atomic E-state index is 0.0386. The third-order valence-electron chi connectivity index (χ3n) is 4.48. The van der Waals surface area contributed by atoms with E-state index in [1.807, 2.05) is 0 Å². The standard InChI is InChI=1S/C21H41NO4S/c1-2-3-4-5-6-7-8-9-10-11-12-13-14-15-16-17-18-21(23)26-27(24,25)20-19-22/h10-11H,2-9,12-20,22H2,1H3/b11-10-. The summed E-state index contributed by atoms with van der Waals surface area (Å²) >= 11 is 0. The zero-order chi connectivity index (χ0) is 20.2. The van der Waals surface area contributed by atoms with Gasteiger partial charge in [0.1, 0.15) is 0 Å². The van der Waals surface area contributed by atoms with E-state index in [9.17, 15) is 13.2 Å². The van der Waals surface area contributed by atoms with Gasteiger partial charge >= 0.3 is 16.1 Å². The molecule has 0 saturated heterocycles. The van der Waals surface area contributed by atoms with Gasteiger partial charge in [-0.3, -0.25) is 4.79 Å². The topological polar surface area (TPSA) is 86.5 Å². The molecule has 0 saturated carbocycles. The first-order valence-electron chi connectivity index (χ1n) is 10.8. The highest BCUT2D eigenvalue weighted by Crippen LogP contribution is 2.11. The van der Waals surface area contributed by atoms with Crippen molar-refractivity contribution in [1.82, 2.24) is 0 Å². The lowest BCUT2D eigenvalue weighted by Crippen LogP contribution is -2.21. The van der Waals surface area contributed by atoms with Crippen molar-refractivity contribution >= 4 is 16.1 Å². The Hall–Kier alpha value is -0.880. The quantitative estimate of drug-likeness (QED) is 0.181. The Balaban J connectivity index is 3.36. The molecule has 0 aliphatic rings. The maximum Gasteiger partial charge on any atom is 0.322 e. The summed E-state index contributed by atoms with van der Waals surface area (Å²) in [7, 11) is -3.78. The van der Waals surface area contributed by atoms with E-state index in [4.69, 9.17) is 5.73 Å². The first-order chi connectivity index (χ1) is 13.0. The van der Waals surface area contributed by atoms with Gasteiger partial charge in [0.2, 0.25) is 0 Å². The molecule has 2 N–H and O–H groups in total. The van der Waals surface area contributed by atoms with Crippen LogP contribution in [-0.2, 0) is 19.1 Å². The molecular weight excluding hydrogens is 362 g/mol. The highest BCUT2D eigenvalue weighted by Gasteiger charge is 2.15. The summed E-state index contributed by atoms with van der Waals surface area (Å²) in [4.78, 5) is 11.4. The van der Waals surface area contributed by atoms with Crippen molar-refractivity contribution in [3.8, 4) is 0 Å². The molecule has 0 spiro atoms. The molecule has 5 nitrogen and oxygen atoms in total. The lowest BCUT2D eigenvalue weighted by molar-refractivity contribution is -0.133. The monoisotopic (exact) mass is 403 g/mol. The predicted octanol–water partition coefficient (Wildman–Crippen LogP) is 5.25. The second-order valence-corrected chi connectivity index (χ2v) is 8.88. The van der Waals surface area contributed by atoms with E-state index >= 15 is 0 Å². The van der Waals surface area contributed by atoms with Crippen molar-refractivity contribution in [2.75, 3.05) is 12.3 Å². The Labute approximate surface area is 167 Å². The molecular formula is C21H41NO4S. The van der Waals surface area contributed by atoms with Gasteiger partial charge in [0.15, 0.2) is 0 Å².